The smallest absolute Gasteiger partial charge is 0.234 e. The normalized spacial score (nSPS) is 10.7. The van der Waals surface area contributed by atoms with Crippen LogP contribution in [0.15, 0.2) is 46.0 Å². The number of thioether (sulfide) groups is 1. The lowest BCUT2D eigenvalue weighted by Crippen LogP contribution is -2.15. The third-order valence-corrected chi connectivity index (χ3v) is 5.91. The van der Waals surface area contributed by atoms with Gasteiger partial charge in [0.15, 0.2) is 22.5 Å². The molecule has 3 aromatic rings. The van der Waals surface area contributed by atoms with E-state index in [2.05, 4.69) is 31.4 Å². The van der Waals surface area contributed by atoms with Gasteiger partial charge in [-0.2, -0.15) is 0 Å². The first-order valence-corrected chi connectivity index (χ1v) is 11.0. The van der Waals surface area contributed by atoms with E-state index in [-0.39, 0.29) is 18.3 Å². The van der Waals surface area contributed by atoms with Crippen LogP contribution in [0, 0.1) is 13.8 Å². The van der Waals surface area contributed by atoms with Gasteiger partial charge in [-0.1, -0.05) is 33.8 Å². The van der Waals surface area contributed by atoms with Gasteiger partial charge in [0.1, 0.15) is 6.61 Å². The average molecular weight is 491 g/mol. The van der Waals surface area contributed by atoms with Crippen LogP contribution in [-0.4, -0.2) is 33.5 Å². The summed E-state index contributed by atoms with van der Waals surface area (Å²) in [5.41, 5.74) is 2.88. The van der Waals surface area contributed by atoms with E-state index in [9.17, 15) is 4.79 Å². The number of carbonyl (C=O) groups is 1. The highest BCUT2D eigenvalue weighted by atomic mass is 79.9. The molecule has 7 nitrogen and oxygen atoms in total. The fourth-order valence-electron chi connectivity index (χ4n) is 2.72. The van der Waals surface area contributed by atoms with Crippen LogP contribution in [0.3, 0.4) is 0 Å². The SMILES string of the molecule is COc1cc(C)ccc1OCc1nnc(SCC(=O)Nc2ccc(Br)cc2C)n1C. The maximum absolute atomic E-state index is 12.3. The van der Waals surface area contributed by atoms with Crippen LogP contribution >= 0.6 is 27.7 Å². The van der Waals surface area contributed by atoms with Gasteiger partial charge in [-0.15, -0.1) is 10.2 Å². The summed E-state index contributed by atoms with van der Waals surface area (Å²) < 4.78 is 14.0. The average Bonchev–Trinajstić information content (AvgIpc) is 3.07. The molecule has 9 heteroatoms. The minimum absolute atomic E-state index is 0.101. The lowest BCUT2D eigenvalue weighted by Gasteiger charge is -2.11. The summed E-state index contributed by atoms with van der Waals surface area (Å²) in [6.07, 6.45) is 0. The molecule has 0 aliphatic heterocycles. The molecule has 0 atom stereocenters. The molecule has 0 spiro atoms. The van der Waals surface area contributed by atoms with Crippen molar-refractivity contribution in [2.45, 2.75) is 25.6 Å². The van der Waals surface area contributed by atoms with Crippen LogP contribution in [0.4, 0.5) is 5.69 Å². The van der Waals surface area contributed by atoms with Crippen LogP contribution in [0.5, 0.6) is 11.5 Å². The number of aromatic nitrogens is 3. The van der Waals surface area contributed by atoms with Gasteiger partial charge in [0.05, 0.1) is 12.9 Å². The zero-order valence-corrected chi connectivity index (χ0v) is 19.6. The van der Waals surface area contributed by atoms with Crippen molar-refractivity contribution in [1.82, 2.24) is 14.8 Å². The molecule has 30 heavy (non-hydrogen) atoms. The Morgan fingerprint density at radius 2 is 1.97 bits per heavy atom. The highest BCUT2D eigenvalue weighted by Crippen LogP contribution is 2.28. The van der Waals surface area contributed by atoms with Crippen LogP contribution in [0.25, 0.3) is 0 Å². The van der Waals surface area contributed by atoms with Crippen molar-refractivity contribution in [1.29, 1.82) is 0 Å². The molecule has 0 saturated carbocycles. The van der Waals surface area contributed by atoms with E-state index in [1.165, 1.54) is 11.8 Å². The third kappa shape index (κ3) is 5.54. The quantitative estimate of drug-likeness (QED) is 0.467. The van der Waals surface area contributed by atoms with Crippen molar-refractivity contribution in [3.63, 3.8) is 0 Å². The van der Waals surface area contributed by atoms with Gasteiger partial charge in [-0.3, -0.25) is 4.79 Å². The Balaban J connectivity index is 1.57. The molecule has 158 valence electrons. The van der Waals surface area contributed by atoms with Gasteiger partial charge >= 0.3 is 0 Å². The molecular weight excluding hydrogens is 468 g/mol. The number of hydrogen-bond acceptors (Lipinski definition) is 6. The maximum Gasteiger partial charge on any atom is 0.234 e. The molecule has 1 N–H and O–H groups in total. The van der Waals surface area contributed by atoms with E-state index in [1.807, 2.05) is 61.9 Å². The Kier molecular flexibility index (Phi) is 7.38. The minimum atomic E-state index is -0.101. The molecule has 2 aromatic carbocycles. The summed E-state index contributed by atoms with van der Waals surface area (Å²) in [6.45, 7) is 4.19. The van der Waals surface area contributed by atoms with Crippen molar-refractivity contribution in [3.05, 3.63) is 57.8 Å². The van der Waals surface area contributed by atoms with Gasteiger partial charge in [-0.05, 0) is 55.3 Å². The number of ether oxygens (including phenoxy) is 2. The molecule has 0 unspecified atom stereocenters. The number of rotatable bonds is 8. The molecule has 1 aromatic heterocycles. The Morgan fingerprint density at radius 1 is 1.17 bits per heavy atom. The highest BCUT2D eigenvalue weighted by molar-refractivity contribution is 9.10. The number of methoxy groups -OCH3 is 1. The molecule has 1 heterocycles. The van der Waals surface area contributed by atoms with E-state index in [4.69, 9.17) is 9.47 Å². The Morgan fingerprint density at radius 3 is 2.70 bits per heavy atom. The Labute approximate surface area is 188 Å². The summed E-state index contributed by atoms with van der Waals surface area (Å²) in [5, 5.41) is 11.9. The number of hydrogen-bond donors (Lipinski definition) is 1. The lowest BCUT2D eigenvalue weighted by molar-refractivity contribution is -0.113. The van der Waals surface area contributed by atoms with Crippen molar-refractivity contribution >= 4 is 39.3 Å². The maximum atomic E-state index is 12.3. The number of nitrogens with one attached hydrogen (secondary N) is 1. The van der Waals surface area contributed by atoms with Gasteiger partial charge in [0.25, 0.3) is 0 Å². The molecule has 0 bridgehead atoms. The second-order valence-corrected chi connectivity index (χ2v) is 8.56. The first-order valence-electron chi connectivity index (χ1n) is 9.22. The summed E-state index contributed by atoms with van der Waals surface area (Å²) in [5.74, 6) is 2.10. The first-order chi connectivity index (χ1) is 14.4. The molecule has 3 rings (SSSR count). The van der Waals surface area contributed by atoms with Crippen molar-refractivity contribution < 1.29 is 14.3 Å². The number of carbonyl (C=O) groups excluding carboxylic acids is 1. The molecular formula is C21H23BrN4O3S. The standard InChI is InChI=1S/C21H23BrN4O3S/c1-13-5-8-17(18(9-13)28-4)29-11-19-24-25-21(26(19)3)30-12-20(27)23-16-7-6-15(22)10-14(16)2/h5-10H,11-12H2,1-4H3,(H,23,27). The number of halogens is 1. The van der Waals surface area contributed by atoms with Crippen LogP contribution in [0.2, 0.25) is 0 Å². The number of benzene rings is 2. The van der Waals surface area contributed by atoms with Crippen LogP contribution in [0.1, 0.15) is 17.0 Å². The van der Waals surface area contributed by atoms with Gasteiger partial charge in [0.2, 0.25) is 5.91 Å². The molecule has 0 radical (unpaired) electrons. The van der Waals surface area contributed by atoms with Crippen molar-refractivity contribution in [3.8, 4) is 11.5 Å². The Hall–Kier alpha value is -2.52. The number of anilines is 1. The van der Waals surface area contributed by atoms with E-state index in [0.717, 1.165) is 21.3 Å². The topological polar surface area (TPSA) is 78.3 Å². The fourth-order valence-corrected chi connectivity index (χ4v) is 3.92. The second kappa shape index (κ2) is 9.99. The predicted molar refractivity (Wildman–Crippen MR) is 121 cm³/mol. The van der Waals surface area contributed by atoms with Gasteiger partial charge < -0.3 is 19.4 Å². The number of amides is 1. The summed E-state index contributed by atoms with van der Waals surface area (Å²) in [6, 6.07) is 11.5. The number of aryl methyl sites for hydroxylation is 2. The molecule has 0 fully saturated rings. The monoisotopic (exact) mass is 490 g/mol. The molecule has 0 aliphatic rings. The van der Waals surface area contributed by atoms with E-state index in [0.29, 0.717) is 22.5 Å². The van der Waals surface area contributed by atoms with Crippen molar-refractivity contribution in [2.75, 3.05) is 18.2 Å². The van der Waals surface area contributed by atoms with Crippen molar-refractivity contribution in [2.24, 2.45) is 7.05 Å². The highest BCUT2D eigenvalue weighted by Gasteiger charge is 2.14. The first kappa shape index (κ1) is 22.2. The predicted octanol–water partition coefficient (Wildman–Crippen LogP) is 4.51. The van der Waals surface area contributed by atoms with Crippen LogP contribution in [-0.2, 0) is 18.4 Å². The largest absolute Gasteiger partial charge is 0.493 e. The molecule has 0 saturated heterocycles. The van der Waals surface area contributed by atoms with Crippen LogP contribution < -0.4 is 14.8 Å². The van der Waals surface area contributed by atoms with Gasteiger partial charge in [0, 0.05) is 17.2 Å². The molecule has 0 aliphatic carbocycles. The zero-order chi connectivity index (χ0) is 21.7. The zero-order valence-electron chi connectivity index (χ0n) is 17.2. The van der Waals surface area contributed by atoms with E-state index in [1.54, 1.807) is 7.11 Å². The third-order valence-electron chi connectivity index (χ3n) is 4.40. The number of nitrogens with zero attached hydrogens (tertiary/aromatic N) is 3. The van der Waals surface area contributed by atoms with E-state index >= 15 is 0 Å². The summed E-state index contributed by atoms with van der Waals surface area (Å²) in [4.78, 5) is 12.3. The second-order valence-electron chi connectivity index (χ2n) is 6.70. The summed E-state index contributed by atoms with van der Waals surface area (Å²) in [7, 11) is 3.46. The Bertz CT molecular complexity index is 1050. The fraction of sp³-hybridized carbons (Fsp3) is 0.286. The lowest BCUT2D eigenvalue weighted by atomic mass is 10.2. The molecule has 1 amide bonds. The van der Waals surface area contributed by atoms with E-state index < -0.39 is 0 Å². The van der Waals surface area contributed by atoms with Gasteiger partial charge in [-0.25, -0.2) is 0 Å². The summed E-state index contributed by atoms with van der Waals surface area (Å²) >= 11 is 4.74. The minimum Gasteiger partial charge on any atom is -0.493 e.